The maximum atomic E-state index is 14.6. The van der Waals surface area contributed by atoms with Crippen LogP contribution in [0, 0.1) is 26.6 Å². The van der Waals surface area contributed by atoms with Crippen molar-refractivity contribution in [1.29, 1.82) is 0 Å². The lowest BCUT2D eigenvalue weighted by Crippen LogP contribution is -2.47. The average molecular weight is 432 g/mol. The second-order valence-electron chi connectivity index (χ2n) is 7.97. The van der Waals surface area contributed by atoms with Crippen LogP contribution in [0.3, 0.4) is 0 Å². The molecule has 0 N–H and O–H groups in total. The number of hydrogen-bond donors (Lipinski definition) is 0. The number of alkyl halides is 1. The normalized spacial score (nSPS) is 13.9. The van der Waals surface area contributed by atoms with Crippen molar-refractivity contribution in [3.05, 3.63) is 57.9 Å². The SMILES string of the molecule is CC.CCOC(=O)CCc1cc(-c2c(C)cc(CN3CC(F)C3)cc2C)cc(C)c1F. The molecule has 5 heteroatoms. The highest BCUT2D eigenvalue weighted by Gasteiger charge is 2.26. The molecule has 0 bridgehead atoms. The van der Waals surface area contributed by atoms with E-state index in [9.17, 15) is 13.6 Å². The van der Waals surface area contributed by atoms with Crippen molar-refractivity contribution < 1.29 is 18.3 Å². The number of carbonyl (C=O) groups is 1. The number of benzene rings is 2. The fourth-order valence-corrected chi connectivity index (χ4v) is 4.13. The van der Waals surface area contributed by atoms with E-state index in [1.165, 1.54) is 0 Å². The molecule has 3 nitrogen and oxygen atoms in total. The highest BCUT2D eigenvalue weighted by molar-refractivity contribution is 5.73. The zero-order valence-electron chi connectivity index (χ0n) is 19.6. The lowest BCUT2D eigenvalue weighted by molar-refractivity contribution is -0.143. The van der Waals surface area contributed by atoms with Crippen molar-refractivity contribution in [2.45, 2.75) is 67.1 Å². The third-order valence-corrected chi connectivity index (χ3v) is 5.43. The molecule has 31 heavy (non-hydrogen) atoms. The van der Waals surface area contributed by atoms with Gasteiger partial charge in [-0.15, -0.1) is 0 Å². The molecule has 0 radical (unpaired) electrons. The largest absolute Gasteiger partial charge is 0.466 e. The Morgan fingerprint density at radius 3 is 2.23 bits per heavy atom. The van der Waals surface area contributed by atoms with Gasteiger partial charge in [0.1, 0.15) is 12.0 Å². The van der Waals surface area contributed by atoms with Gasteiger partial charge in [0.2, 0.25) is 0 Å². The van der Waals surface area contributed by atoms with E-state index >= 15 is 0 Å². The van der Waals surface area contributed by atoms with E-state index in [0.717, 1.165) is 34.4 Å². The van der Waals surface area contributed by atoms with Gasteiger partial charge in [0.05, 0.1) is 6.61 Å². The van der Waals surface area contributed by atoms with Gasteiger partial charge in [-0.3, -0.25) is 9.69 Å². The lowest BCUT2D eigenvalue weighted by atomic mass is 9.90. The third-order valence-electron chi connectivity index (χ3n) is 5.43. The second kappa shape index (κ2) is 11.4. The summed E-state index contributed by atoms with van der Waals surface area (Å²) < 4.78 is 32.7. The molecule has 170 valence electrons. The molecular weight excluding hydrogens is 396 g/mol. The number of likely N-dealkylation sites (tertiary alicyclic amines) is 1. The first-order chi connectivity index (χ1) is 14.8. The molecule has 0 saturated carbocycles. The topological polar surface area (TPSA) is 29.5 Å². The van der Waals surface area contributed by atoms with Crippen LogP contribution in [0.15, 0.2) is 24.3 Å². The highest BCUT2D eigenvalue weighted by Crippen LogP contribution is 2.32. The van der Waals surface area contributed by atoms with Crippen LogP contribution >= 0.6 is 0 Å². The number of carbonyl (C=O) groups excluding carboxylic acids is 1. The summed E-state index contributed by atoms with van der Waals surface area (Å²) in [6.07, 6.45) is -0.225. The summed E-state index contributed by atoms with van der Waals surface area (Å²) in [7, 11) is 0. The predicted molar refractivity (Wildman–Crippen MR) is 123 cm³/mol. The summed E-state index contributed by atoms with van der Waals surface area (Å²) in [6.45, 7) is 13.7. The minimum absolute atomic E-state index is 0.163. The fraction of sp³-hybridized carbons (Fsp3) is 0.500. The molecule has 2 aromatic carbocycles. The molecule has 0 atom stereocenters. The van der Waals surface area contributed by atoms with Gasteiger partial charge in [0, 0.05) is 26.1 Å². The minimum atomic E-state index is -0.702. The Morgan fingerprint density at radius 2 is 1.68 bits per heavy atom. The first kappa shape index (κ1) is 25.0. The number of ether oxygens (including phenoxy) is 1. The Labute approximate surface area is 185 Å². The molecule has 0 unspecified atom stereocenters. The number of aryl methyl sites for hydroxylation is 4. The van der Waals surface area contributed by atoms with E-state index < -0.39 is 6.17 Å². The van der Waals surface area contributed by atoms with Gasteiger partial charge in [-0.2, -0.15) is 0 Å². The van der Waals surface area contributed by atoms with Crippen LogP contribution < -0.4 is 0 Å². The first-order valence-electron chi connectivity index (χ1n) is 11.2. The summed E-state index contributed by atoms with van der Waals surface area (Å²) in [5, 5.41) is 0. The van der Waals surface area contributed by atoms with Gasteiger partial charge in [0.15, 0.2) is 0 Å². The molecule has 1 heterocycles. The van der Waals surface area contributed by atoms with Gasteiger partial charge >= 0.3 is 5.97 Å². The maximum Gasteiger partial charge on any atom is 0.306 e. The van der Waals surface area contributed by atoms with Crippen molar-refractivity contribution >= 4 is 5.97 Å². The van der Waals surface area contributed by atoms with Crippen molar-refractivity contribution in [2.24, 2.45) is 0 Å². The van der Waals surface area contributed by atoms with Crippen molar-refractivity contribution in [3.8, 4) is 11.1 Å². The molecule has 1 fully saturated rings. The number of nitrogens with zero attached hydrogens (tertiary/aromatic N) is 1. The van der Waals surface area contributed by atoms with Gasteiger partial charge in [-0.25, -0.2) is 8.78 Å². The van der Waals surface area contributed by atoms with Crippen LogP contribution in [0.4, 0.5) is 8.78 Å². The molecule has 0 amide bonds. The summed E-state index contributed by atoms with van der Waals surface area (Å²) in [5.74, 6) is -0.572. The monoisotopic (exact) mass is 431 g/mol. The summed E-state index contributed by atoms with van der Waals surface area (Å²) in [6, 6.07) is 7.97. The quantitative estimate of drug-likeness (QED) is 0.497. The van der Waals surface area contributed by atoms with E-state index in [1.54, 1.807) is 13.8 Å². The van der Waals surface area contributed by atoms with Crippen LogP contribution in [-0.4, -0.2) is 36.7 Å². The molecular formula is C26H35F2NO2. The van der Waals surface area contributed by atoms with Crippen LogP contribution in [0.5, 0.6) is 0 Å². The first-order valence-corrected chi connectivity index (χ1v) is 11.2. The van der Waals surface area contributed by atoms with E-state index in [0.29, 0.717) is 37.2 Å². The summed E-state index contributed by atoms with van der Waals surface area (Å²) >= 11 is 0. The molecule has 0 aliphatic carbocycles. The Bertz CT molecular complexity index is 882. The standard InChI is InChI=1S/C24H29F2NO2.C2H6/c1-5-29-22(28)7-6-19-11-20(10-17(4)24(19)26)23-15(2)8-18(9-16(23)3)12-27-13-21(25)14-27;1-2/h8-11,21H,5-7,12-14H2,1-4H3;1-2H3. The Morgan fingerprint density at radius 1 is 1.06 bits per heavy atom. The van der Waals surface area contributed by atoms with E-state index in [-0.39, 0.29) is 18.2 Å². The molecule has 2 aromatic rings. The van der Waals surface area contributed by atoms with Gasteiger partial charge in [-0.05, 0) is 85.2 Å². The highest BCUT2D eigenvalue weighted by atomic mass is 19.1. The van der Waals surface area contributed by atoms with E-state index in [2.05, 4.69) is 30.9 Å². The van der Waals surface area contributed by atoms with Crippen LogP contribution in [0.1, 0.15) is 55.0 Å². The molecule has 1 aliphatic heterocycles. The third kappa shape index (κ3) is 6.36. The Hall–Kier alpha value is -2.27. The van der Waals surface area contributed by atoms with Crippen LogP contribution in [0.25, 0.3) is 11.1 Å². The smallest absolute Gasteiger partial charge is 0.306 e. The second-order valence-corrected chi connectivity index (χ2v) is 7.97. The predicted octanol–water partition coefficient (Wildman–Crippen LogP) is 6.09. The van der Waals surface area contributed by atoms with Crippen molar-refractivity contribution in [3.63, 3.8) is 0 Å². The van der Waals surface area contributed by atoms with Gasteiger partial charge < -0.3 is 4.74 Å². The van der Waals surface area contributed by atoms with Crippen molar-refractivity contribution in [1.82, 2.24) is 4.90 Å². The van der Waals surface area contributed by atoms with E-state index in [1.807, 2.05) is 26.0 Å². The molecule has 1 saturated heterocycles. The molecule has 0 aromatic heterocycles. The fourth-order valence-electron chi connectivity index (χ4n) is 4.13. The minimum Gasteiger partial charge on any atom is -0.466 e. The lowest BCUT2D eigenvalue weighted by Gasteiger charge is -2.34. The van der Waals surface area contributed by atoms with Gasteiger partial charge in [0.25, 0.3) is 0 Å². The Balaban J connectivity index is 0.00000166. The van der Waals surface area contributed by atoms with Crippen molar-refractivity contribution in [2.75, 3.05) is 19.7 Å². The molecule has 3 rings (SSSR count). The number of hydrogen-bond acceptors (Lipinski definition) is 3. The van der Waals surface area contributed by atoms with Gasteiger partial charge in [-0.1, -0.05) is 26.0 Å². The zero-order valence-corrected chi connectivity index (χ0v) is 19.6. The Kier molecular flexibility index (Phi) is 9.17. The number of esters is 1. The molecule has 1 aliphatic rings. The maximum absolute atomic E-state index is 14.6. The van der Waals surface area contributed by atoms with E-state index in [4.69, 9.17) is 4.74 Å². The summed E-state index contributed by atoms with van der Waals surface area (Å²) in [5.41, 5.74) is 6.53. The number of halogens is 2. The zero-order chi connectivity index (χ0) is 23.1. The van der Waals surface area contributed by atoms with Crippen LogP contribution in [-0.2, 0) is 22.5 Å². The summed E-state index contributed by atoms with van der Waals surface area (Å²) in [4.78, 5) is 13.8. The molecule has 0 spiro atoms. The van der Waals surface area contributed by atoms with Crippen LogP contribution in [0.2, 0.25) is 0 Å². The number of rotatable bonds is 7. The average Bonchev–Trinajstić information content (AvgIpc) is 2.69.